The van der Waals surface area contributed by atoms with Gasteiger partial charge in [-0.15, -0.1) is 0 Å². The van der Waals surface area contributed by atoms with Crippen molar-refractivity contribution in [2.45, 2.75) is 23.7 Å². The Labute approximate surface area is 168 Å². The van der Waals surface area contributed by atoms with E-state index in [-0.39, 0.29) is 5.37 Å². The molecule has 1 heterocycles. The van der Waals surface area contributed by atoms with Gasteiger partial charge in [0.05, 0.1) is 11.0 Å². The first-order chi connectivity index (χ1) is 13.1. The summed E-state index contributed by atoms with van der Waals surface area (Å²) in [6.07, 6.45) is 0. The predicted molar refractivity (Wildman–Crippen MR) is 114 cm³/mol. The standard InChI is InChI=1S/C22H20ClN3S/c1-15-6-12-18(13-7-15)27-21(24)22-25-19-4-2-3-5-20(19)26(22)14-16-8-10-17(23)11-9-16/h2-13,21H,14,24H2,1H3. The largest absolute Gasteiger partial charge is 0.321 e. The van der Waals surface area contributed by atoms with Gasteiger partial charge in [-0.2, -0.15) is 0 Å². The summed E-state index contributed by atoms with van der Waals surface area (Å²) in [4.78, 5) is 5.97. The summed E-state index contributed by atoms with van der Waals surface area (Å²) in [6, 6.07) is 24.5. The Balaban J connectivity index is 1.70. The molecule has 4 aromatic rings. The second kappa shape index (κ2) is 7.77. The molecular formula is C22H20ClN3S. The molecule has 0 amide bonds. The van der Waals surface area contributed by atoms with Gasteiger partial charge in [0.15, 0.2) is 0 Å². The van der Waals surface area contributed by atoms with E-state index in [4.69, 9.17) is 22.3 Å². The first-order valence-electron chi connectivity index (χ1n) is 8.79. The summed E-state index contributed by atoms with van der Waals surface area (Å²) < 4.78 is 2.20. The van der Waals surface area contributed by atoms with Crippen LogP contribution in [-0.2, 0) is 6.54 Å². The molecule has 0 spiro atoms. The molecule has 5 heteroatoms. The molecule has 0 bridgehead atoms. The third-order valence-electron chi connectivity index (χ3n) is 4.48. The van der Waals surface area contributed by atoms with E-state index in [0.717, 1.165) is 32.3 Å². The normalized spacial score (nSPS) is 12.4. The van der Waals surface area contributed by atoms with Gasteiger partial charge in [0.25, 0.3) is 0 Å². The van der Waals surface area contributed by atoms with Crippen molar-refractivity contribution in [2.24, 2.45) is 5.73 Å². The summed E-state index contributed by atoms with van der Waals surface area (Å²) in [5.41, 5.74) is 11.0. The van der Waals surface area contributed by atoms with Crippen LogP contribution in [0.2, 0.25) is 5.02 Å². The van der Waals surface area contributed by atoms with Crippen LogP contribution in [0.25, 0.3) is 11.0 Å². The Kier molecular flexibility index (Phi) is 5.21. The molecule has 2 N–H and O–H groups in total. The molecule has 0 radical (unpaired) electrons. The Morgan fingerprint density at radius 1 is 1.00 bits per heavy atom. The molecule has 0 saturated carbocycles. The first kappa shape index (κ1) is 18.1. The molecule has 0 fully saturated rings. The minimum Gasteiger partial charge on any atom is -0.321 e. The summed E-state index contributed by atoms with van der Waals surface area (Å²) in [7, 11) is 0. The second-order valence-electron chi connectivity index (χ2n) is 6.52. The van der Waals surface area contributed by atoms with E-state index < -0.39 is 0 Å². The van der Waals surface area contributed by atoms with Crippen LogP contribution < -0.4 is 5.73 Å². The number of para-hydroxylation sites is 2. The summed E-state index contributed by atoms with van der Waals surface area (Å²) in [5, 5.41) is 0.480. The van der Waals surface area contributed by atoms with Crippen molar-refractivity contribution in [2.75, 3.05) is 0 Å². The van der Waals surface area contributed by atoms with Crippen molar-refractivity contribution in [1.29, 1.82) is 0 Å². The highest BCUT2D eigenvalue weighted by Gasteiger charge is 2.18. The number of halogens is 1. The average Bonchev–Trinajstić information content (AvgIpc) is 3.04. The second-order valence-corrected chi connectivity index (χ2v) is 8.17. The fourth-order valence-corrected chi connectivity index (χ4v) is 4.06. The van der Waals surface area contributed by atoms with Gasteiger partial charge in [0, 0.05) is 16.5 Å². The number of aromatic nitrogens is 2. The number of benzene rings is 3. The minimum absolute atomic E-state index is 0.257. The minimum atomic E-state index is -0.257. The number of aryl methyl sites for hydroxylation is 1. The molecular weight excluding hydrogens is 374 g/mol. The number of rotatable bonds is 5. The number of nitrogens with two attached hydrogens (primary N) is 1. The summed E-state index contributed by atoms with van der Waals surface area (Å²) in [5.74, 6) is 0.872. The Bertz CT molecular complexity index is 1060. The number of hydrogen-bond donors (Lipinski definition) is 1. The maximum Gasteiger partial charge on any atom is 0.137 e. The van der Waals surface area contributed by atoms with E-state index in [1.54, 1.807) is 11.8 Å². The average molecular weight is 394 g/mol. The molecule has 4 rings (SSSR count). The molecule has 0 saturated heterocycles. The lowest BCUT2D eigenvalue weighted by atomic mass is 10.2. The number of thioether (sulfide) groups is 1. The van der Waals surface area contributed by atoms with Gasteiger partial charge in [-0.1, -0.05) is 65.3 Å². The lowest BCUT2D eigenvalue weighted by molar-refractivity contribution is 0.736. The number of imidazole rings is 1. The fourth-order valence-electron chi connectivity index (χ4n) is 3.07. The van der Waals surface area contributed by atoms with Gasteiger partial charge < -0.3 is 10.3 Å². The molecule has 27 heavy (non-hydrogen) atoms. The van der Waals surface area contributed by atoms with Crippen molar-refractivity contribution in [1.82, 2.24) is 9.55 Å². The third kappa shape index (κ3) is 4.03. The molecule has 1 aromatic heterocycles. The zero-order chi connectivity index (χ0) is 18.8. The van der Waals surface area contributed by atoms with Crippen LogP contribution in [0, 0.1) is 6.92 Å². The van der Waals surface area contributed by atoms with E-state index in [0.29, 0.717) is 6.54 Å². The predicted octanol–water partition coefficient (Wildman–Crippen LogP) is 5.80. The van der Waals surface area contributed by atoms with Crippen LogP contribution in [0.3, 0.4) is 0 Å². The quantitative estimate of drug-likeness (QED) is 0.344. The molecule has 1 unspecified atom stereocenters. The summed E-state index contributed by atoms with van der Waals surface area (Å²) >= 11 is 7.65. The van der Waals surface area contributed by atoms with Gasteiger partial charge in [-0.25, -0.2) is 4.98 Å². The third-order valence-corrected chi connectivity index (χ3v) is 5.74. The van der Waals surface area contributed by atoms with Crippen molar-refractivity contribution >= 4 is 34.4 Å². The molecule has 0 aliphatic rings. The highest BCUT2D eigenvalue weighted by Crippen LogP contribution is 2.33. The topological polar surface area (TPSA) is 43.8 Å². The number of nitrogens with zero attached hydrogens (tertiary/aromatic N) is 2. The first-order valence-corrected chi connectivity index (χ1v) is 10.0. The number of fused-ring (bicyclic) bond motifs is 1. The van der Waals surface area contributed by atoms with Crippen LogP contribution in [0.15, 0.2) is 77.7 Å². The molecule has 3 aromatic carbocycles. The van der Waals surface area contributed by atoms with Crippen molar-refractivity contribution in [3.63, 3.8) is 0 Å². The van der Waals surface area contributed by atoms with Crippen LogP contribution in [0.5, 0.6) is 0 Å². The van der Waals surface area contributed by atoms with Gasteiger partial charge in [-0.3, -0.25) is 0 Å². The highest BCUT2D eigenvalue weighted by atomic mass is 35.5. The van der Waals surface area contributed by atoms with E-state index in [9.17, 15) is 0 Å². The molecule has 136 valence electrons. The zero-order valence-corrected chi connectivity index (χ0v) is 16.5. The lowest BCUT2D eigenvalue weighted by Gasteiger charge is -2.15. The van der Waals surface area contributed by atoms with Crippen molar-refractivity contribution in [3.05, 3.63) is 94.8 Å². The van der Waals surface area contributed by atoms with Crippen LogP contribution in [-0.4, -0.2) is 9.55 Å². The lowest BCUT2D eigenvalue weighted by Crippen LogP contribution is -2.14. The smallest absolute Gasteiger partial charge is 0.137 e. The summed E-state index contributed by atoms with van der Waals surface area (Å²) in [6.45, 7) is 2.79. The molecule has 3 nitrogen and oxygen atoms in total. The maximum absolute atomic E-state index is 6.57. The Morgan fingerprint density at radius 3 is 2.44 bits per heavy atom. The Morgan fingerprint density at radius 2 is 1.70 bits per heavy atom. The van der Waals surface area contributed by atoms with Crippen LogP contribution >= 0.6 is 23.4 Å². The molecule has 0 aliphatic heterocycles. The van der Waals surface area contributed by atoms with Gasteiger partial charge >= 0.3 is 0 Å². The monoisotopic (exact) mass is 393 g/mol. The van der Waals surface area contributed by atoms with E-state index in [1.165, 1.54) is 5.56 Å². The zero-order valence-electron chi connectivity index (χ0n) is 15.0. The van der Waals surface area contributed by atoms with E-state index in [2.05, 4.69) is 41.8 Å². The SMILES string of the molecule is Cc1ccc(SC(N)c2nc3ccccc3n2Cc2ccc(Cl)cc2)cc1. The van der Waals surface area contributed by atoms with Gasteiger partial charge in [0.2, 0.25) is 0 Å². The van der Waals surface area contributed by atoms with Crippen molar-refractivity contribution < 1.29 is 0 Å². The van der Waals surface area contributed by atoms with E-state index in [1.807, 2.05) is 42.5 Å². The van der Waals surface area contributed by atoms with E-state index >= 15 is 0 Å². The van der Waals surface area contributed by atoms with Gasteiger partial charge in [0.1, 0.15) is 11.2 Å². The van der Waals surface area contributed by atoms with Gasteiger partial charge in [-0.05, 0) is 48.9 Å². The maximum atomic E-state index is 6.57. The van der Waals surface area contributed by atoms with Crippen LogP contribution in [0.4, 0.5) is 0 Å². The highest BCUT2D eigenvalue weighted by molar-refractivity contribution is 7.99. The fraction of sp³-hybridized carbons (Fsp3) is 0.136. The van der Waals surface area contributed by atoms with Crippen molar-refractivity contribution in [3.8, 4) is 0 Å². The number of hydrogen-bond acceptors (Lipinski definition) is 3. The van der Waals surface area contributed by atoms with Crippen LogP contribution in [0.1, 0.15) is 22.3 Å². The molecule has 0 aliphatic carbocycles. The molecule has 1 atom stereocenters. The Hall–Kier alpha value is -2.27.